The van der Waals surface area contributed by atoms with Crippen molar-refractivity contribution < 1.29 is 4.79 Å². The summed E-state index contributed by atoms with van der Waals surface area (Å²) in [5.74, 6) is 1.40. The maximum Gasteiger partial charge on any atom is 0.131 e. The van der Waals surface area contributed by atoms with Gasteiger partial charge in [-0.25, -0.2) is 0 Å². The fourth-order valence-electron chi connectivity index (χ4n) is 1.92. The summed E-state index contributed by atoms with van der Waals surface area (Å²) in [6.45, 7) is 5.98. The van der Waals surface area contributed by atoms with Crippen LogP contribution in [0.3, 0.4) is 0 Å². The molecule has 0 aromatic heterocycles. The molecule has 0 saturated carbocycles. The Balaban J connectivity index is 2.22. The molecular formula is C15H22OS. The standard InChI is InChI=1S/C15H22OS/c1-13(16)12-15(2,3)17-11-7-10-14-8-5-4-6-9-14/h4-6,8-9H,7,10-12H2,1-3H3. The first-order valence-corrected chi connectivity index (χ1v) is 7.15. The highest BCUT2D eigenvalue weighted by Crippen LogP contribution is 2.29. The van der Waals surface area contributed by atoms with Gasteiger partial charge < -0.3 is 0 Å². The Kier molecular flexibility index (Phi) is 5.76. The van der Waals surface area contributed by atoms with E-state index in [1.54, 1.807) is 6.92 Å². The topological polar surface area (TPSA) is 17.1 Å². The van der Waals surface area contributed by atoms with Gasteiger partial charge in [0.2, 0.25) is 0 Å². The number of carbonyl (C=O) groups excluding carboxylic acids is 1. The molecule has 0 bridgehead atoms. The lowest BCUT2D eigenvalue weighted by atomic mass is 10.1. The molecule has 0 N–H and O–H groups in total. The molecule has 0 aliphatic rings. The molecule has 1 aromatic rings. The smallest absolute Gasteiger partial charge is 0.131 e. The zero-order valence-corrected chi connectivity index (χ0v) is 11.8. The lowest BCUT2D eigenvalue weighted by Gasteiger charge is -2.22. The van der Waals surface area contributed by atoms with Gasteiger partial charge >= 0.3 is 0 Å². The largest absolute Gasteiger partial charge is 0.300 e. The Morgan fingerprint density at radius 1 is 1.24 bits per heavy atom. The lowest BCUT2D eigenvalue weighted by Crippen LogP contribution is -2.19. The van der Waals surface area contributed by atoms with Gasteiger partial charge in [0.25, 0.3) is 0 Å². The van der Waals surface area contributed by atoms with Crippen LogP contribution in [0.1, 0.15) is 39.2 Å². The van der Waals surface area contributed by atoms with Crippen molar-refractivity contribution in [2.45, 2.75) is 44.8 Å². The van der Waals surface area contributed by atoms with E-state index >= 15 is 0 Å². The van der Waals surface area contributed by atoms with Gasteiger partial charge in [0, 0.05) is 11.2 Å². The molecule has 0 atom stereocenters. The van der Waals surface area contributed by atoms with Crippen LogP contribution in [0, 0.1) is 0 Å². The van der Waals surface area contributed by atoms with E-state index in [0.29, 0.717) is 6.42 Å². The summed E-state index contributed by atoms with van der Waals surface area (Å²) < 4.78 is 0.0858. The highest BCUT2D eigenvalue weighted by molar-refractivity contribution is 8.00. The highest BCUT2D eigenvalue weighted by Gasteiger charge is 2.19. The number of rotatable bonds is 7. The van der Waals surface area contributed by atoms with Crippen LogP contribution in [0.5, 0.6) is 0 Å². The number of hydrogen-bond acceptors (Lipinski definition) is 2. The minimum absolute atomic E-state index is 0.0858. The molecule has 0 aliphatic heterocycles. The second-order valence-corrected chi connectivity index (χ2v) is 6.88. The van der Waals surface area contributed by atoms with Gasteiger partial charge in [0.05, 0.1) is 0 Å². The second-order valence-electron chi connectivity index (χ2n) is 5.08. The van der Waals surface area contributed by atoms with Crippen LogP contribution in [0.25, 0.3) is 0 Å². The number of ketones is 1. The molecule has 0 aliphatic carbocycles. The quantitative estimate of drug-likeness (QED) is 0.677. The molecule has 0 amide bonds. The van der Waals surface area contributed by atoms with Crippen LogP contribution in [-0.2, 0) is 11.2 Å². The average Bonchev–Trinajstić information content (AvgIpc) is 2.24. The Morgan fingerprint density at radius 3 is 2.47 bits per heavy atom. The number of hydrogen-bond donors (Lipinski definition) is 0. The summed E-state index contributed by atoms with van der Waals surface area (Å²) in [4.78, 5) is 11.1. The van der Waals surface area contributed by atoms with Crippen LogP contribution in [0.15, 0.2) is 30.3 Å². The number of Topliss-reactive ketones (excluding diaryl/α,β-unsaturated/α-hetero) is 1. The maximum atomic E-state index is 11.1. The molecule has 0 fully saturated rings. The van der Waals surface area contributed by atoms with Crippen molar-refractivity contribution in [1.82, 2.24) is 0 Å². The monoisotopic (exact) mass is 250 g/mol. The molecule has 0 radical (unpaired) electrons. The van der Waals surface area contributed by atoms with Crippen LogP contribution in [0.4, 0.5) is 0 Å². The van der Waals surface area contributed by atoms with Gasteiger partial charge in [0.1, 0.15) is 5.78 Å². The van der Waals surface area contributed by atoms with E-state index in [1.807, 2.05) is 17.8 Å². The molecule has 0 saturated heterocycles. The number of thioether (sulfide) groups is 1. The predicted molar refractivity (Wildman–Crippen MR) is 76.6 cm³/mol. The average molecular weight is 250 g/mol. The van der Waals surface area contributed by atoms with Crippen molar-refractivity contribution in [2.75, 3.05) is 5.75 Å². The molecule has 2 heteroatoms. The zero-order chi connectivity index (χ0) is 12.7. The van der Waals surface area contributed by atoms with E-state index in [2.05, 4.69) is 38.1 Å². The Labute approximate surface area is 109 Å². The number of benzene rings is 1. The van der Waals surface area contributed by atoms with Gasteiger partial charge in [-0.15, -0.1) is 0 Å². The van der Waals surface area contributed by atoms with Crippen molar-refractivity contribution in [1.29, 1.82) is 0 Å². The molecular weight excluding hydrogens is 228 g/mol. The van der Waals surface area contributed by atoms with Crippen LogP contribution >= 0.6 is 11.8 Å². The first-order valence-electron chi connectivity index (χ1n) is 6.17. The number of aryl methyl sites for hydroxylation is 1. The molecule has 1 aromatic carbocycles. The van der Waals surface area contributed by atoms with Gasteiger partial charge in [-0.2, -0.15) is 11.8 Å². The van der Waals surface area contributed by atoms with E-state index in [1.165, 1.54) is 12.0 Å². The van der Waals surface area contributed by atoms with Crippen molar-refractivity contribution in [2.24, 2.45) is 0 Å². The molecule has 1 rings (SSSR count). The Bertz CT molecular complexity index is 343. The lowest BCUT2D eigenvalue weighted by molar-refractivity contribution is -0.117. The van der Waals surface area contributed by atoms with E-state index in [9.17, 15) is 4.79 Å². The van der Waals surface area contributed by atoms with E-state index in [-0.39, 0.29) is 10.5 Å². The molecule has 17 heavy (non-hydrogen) atoms. The van der Waals surface area contributed by atoms with Crippen LogP contribution in [0.2, 0.25) is 0 Å². The van der Waals surface area contributed by atoms with E-state index in [4.69, 9.17) is 0 Å². The summed E-state index contributed by atoms with van der Waals surface area (Å²) in [7, 11) is 0. The predicted octanol–water partition coefficient (Wildman–Crippen LogP) is 4.11. The van der Waals surface area contributed by atoms with Crippen LogP contribution < -0.4 is 0 Å². The Hall–Kier alpha value is -0.760. The highest BCUT2D eigenvalue weighted by atomic mass is 32.2. The van der Waals surface area contributed by atoms with E-state index < -0.39 is 0 Å². The van der Waals surface area contributed by atoms with Gasteiger partial charge in [-0.1, -0.05) is 44.2 Å². The third kappa shape index (κ3) is 6.52. The number of carbonyl (C=O) groups is 1. The third-order valence-electron chi connectivity index (χ3n) is 2.62. The van der Waals surface area contributed by atoms with Crippen LogP contribution in [-0.4, -0.2) is 16.3 Å². The van der Waals surface area contributed by atoms with Crippen molar-refractivity contribution in [3.63, 3.8) is 0 Å². The molecule has 0 heterocycles. The maximum absolute atomic E-state index is 11.1. The normalized spacial score (nSPS) is 11.5. The zero-order valence-electron chi connectivity index (χ0n) is 11.0. The van der Waals surface area contributed by atoms with E-state index in [0.717, 1.165) is 12.2 Å². The van der Waals surface area contributed by atoms with Crippen molar-refractivity contribution in [3.8, 4) is 0 Å². The summed E-state index contributed by atoms with van der Waals surface area (Å²) in [6.07, 6.45) is 2.98. The van der Waals surface area contributed by atoms with Crippen molar-refractivity contribution in [3.05, 3.63) is 35.9 Å². The first-order chi connectivity index (χ1) is 7.99. The molecule has 1 nitrogen and oxygen atoms in total. The van der Waals surface area contributed by atoms with Gasteiger partial charge in [-0.05, 0) is 31.1 Å². The van der Waals surface area contributed by atoms with Gasteiger partial charge in [-0.3, -0.25) is 4.79 Å². The molecule has 0 spiro atoms. The minimum atomic E-state index is 0.0858. The SMILES string of the molecule is CC(=O)CC(C)(C)SCCCc1ccccc1. The minimum Gasteiger partial charge on any atom is -0.300 e. The summed E-state index contributed by atoms with van der Waals surface area (Å²) >= 11 is 1.91. The van der Waals surface area contributed by atoms with Crippen molar-refractivity contribution >= 4 is 17.5 Å². The molecule has 94 valence electrons. The summed E-state index contributed by atoms with van der Waals surface area (Å²) in [5.41, 5.74) is 1.40. The first kappa shape index (κ1) is 14.3. The fourth-order valence-corrected chi connectivity index (χ4v) is 3.07. The summed E-state index contributed by atoms with van der Waals surface area (Å²) in [5, 5.41) is 0. The third-order valence-corrected chi connectivity index (χ3v) is 4.04. The summed E-state index contributed by atoms with van der Waals surface area (Å²) in [6, 6.07) is 10.6. The second kappa shape index (κ2) is 6.85. The molecule has 0 unspecified atom stereocenters. The van der Waals surface area contributed by atoms with Gasteiger partial charge in [0.15, 0.2) is 0 Å². The fraction of sp³-hybridized carbons (Fsp3) is 0.533. The Morgan fingerprint density at radius 2 is 1.88 bits per heavy atom.